The number of hydrogen-bond acceptors (Lipinski definition) is 5. The molecule has 0 aliphatic heterocycles. The molecule has 2 rings (SSSR count). The number of nitro benzene ring substituents is 1. The van der Waals surface area contributed by atoms with Crippen molar-refractivity contribution in [2.45, 2.75) is 19.6 Å². The van der Waals surface area contributed by atoms with Crippen LogP contribution in [0, 0.1) is 10.1 Å². The Morgan fingerprint density at radius 1 is 1.19 bits per heavy atom. The van der Waals surface area contributed by atoms with E-state index in [1.165, 1.54) is 37.4 Å². The summed E-state index contributed by atoms with van der Waals surface area (Å²) in [5, 5.41) is 15.9. The molecule has 0 heterocycles. The minimum Gasteiger partial charge on any atom is -0.495 e. The van der Waals surface area contributed by atoms with Crippen molar-refractivity contribution in [1.29, 1.82) is 0 Å². The van der Waals surface area contributed by atoms with Gasteiger partial charge in [-0.1, -0.05) is 18.2 Å². The number of urea groups is 1. The summed E-state index contributed by atoms with van der Waals surface area (Å²) in [5.41, 5.74) is 0.210. The molecule has 0 spiro atoms. The van der Waals surface area contributed by atoms with Crippen LogP contribution in [0.3, 0.4) is 0 Å². The average molecular weight is 381 g/mol. The summed E-state index contributed by atoms with van der Waals surface area (Å²) >= 11 is 0. The van der Waals surface area contributed by atoms with E-state index in [1.54, 1.807) is 13.0 Å². The zero-order valence-electron chi connectivity index (χ0n) is 14.4. The third-order valence-electron chi connectivity index (χ3n) is 3.59. The molecule has 0 aromatic heterocycles. The first kappa shape index (κ1) is 19.9. The number of nitro groups is 1. The van der Waals surface area contributed by atoms with Crippen LogP contribution >= 0.6 is 0 Å². The fourth-order valence-corrected chi connectivity index (χ4v) is 2.38. The summed E-state index contributed by atoms with van der Waals surface area (Å²) in [6.07, 6.45) is 0. The molecule has 0 aliphatic rings. The molecule has 144 valence electrons. The number of ether oxygens (including phenoxy) is 2. The van der Waals surface area contributed by atoms with Crippen LogP contribution in [0.4, 0.5) is 25.0 Å². The number of carbonyl (C=O) groups is 1. The van der Waals surface area contributed by atoms with E-state index >= 15 is 0 Å². The van der Waals surface area contributed by atoms with Gasteiger partial charge in [0.15, 0.2) is 0 Å². The SMILES string of the molecule is COc1ccc([N+](=O)[O-])cc1NC(=O)N[C@H](C)c1ccccc1OC(F)F. The molecule has 2 aromatic carbocycles. The van der Waals surface area contributed by atoms with Gasteiger partial charge in [0.2, 0.25) is 0 Å². The molecule has 0 aliphatic carbocycles. The quantitative estimate of drug-likeness (QED) is 0.555. The van der Waals surface area contributed by atoms with E-state index in [0.717, 1.165) is 6.07 Å². The highest BCUT2D eigenvalue weighted by Gasteiger charge is 2.18. The fraction of sp³-hybridized carbons (Fsp3) is 0.235. The van der Waals surface area contributed by atoms with Crippen LogP contribution in [0.5, 0.6) is 11.5 Å². The van der Waals surface area contributed by atoms with Gasteiger partial charge in [0.1, 0.15) is 11.5 Å². The predicted octanol–water partition coefficient (Wildman–Crippen LogP) is 4.09. The van der Waals surface area contributed by atoms with Gasteiger partial charge in [-0.2, -0.15) is 8.78 Å². The van der Waals surface area contributed by atoms with Gasteiger partial charge >= 0.3 is 12.6 Å². The molecule has 27 heavy (non-hydrogen) atoms. The number of benzene rings is 2. The van der Waals surface area contributed by atoms with E-state index in [-0.39, 0.29) is 22.9 Å². The topological polar surface area (TPSA) is 103 Å². The summed E-state index contributed by atoms with van der Waals surface area (Å²) < 4.78 is 34.5. The van der Waals surface area contributed by atoms with Crippen molar-refractivity contribution in [3.8, 4) is 11.5 Å². The summed E-state index contributed by atoms with van der Waals surface area (Å²) in [7, 11) is 1.35. The Labute approximate surface area is 153 Å². The Kier molecular flexibility index (Phi) is 6.47. The lowest BCUT2D eigenvalue weighted by Crippen LogP contribution is -2.31. The molecule has 2 N–H and O–H groups in total. The molecule has 0 radical (unpaired) electrons. The third kappa shape index (κ3) is 5.27. The first-order valence-electron chi connectivity index (χ1n) is 7.75. The maximum atomic E-state index is 12.5. The second-order valence-electron chi connectivity index (χ2n) is 5.38. The van der Waals surface area contributed by atoms with Crippen LogP contribution < -0.4 is 20.1 Å². The molecular formula is C17H17F2N3O5. The van der Waals surface area contributed by atoms with E-state index in [1.807, 2.05) is 0 Å². The van der Waals surface area contributed by atoms with Crippen LogP contribution in [0.2, 0.25) is 0 Å². The minimum atomic E-state index is -3.00. The molecule has 1 atom stereocenters. The Bertz CT molecular complexity index is 832. The van der Waals surface area contributed by atoms with Crippen molar-refractivity contribution in [3.63, 3.8) is 0 Å². The van der Waals surface area contributed by atoms with Crippen LogP contribution in [-0.4, -0.2) is 24.7 Å². The van der Waals surface area contributed by atoms with Crippen molar-refractivity contribution in [3.05, 3.63) is 58.1 Å². The predicted molar refractivity (Wildman–Crippen MR) is 93.3 cm³/mol. The fourth-order valence-electron chi connectivity index (χ4n) is 2.38. The number of nitrogens with one attached hydrogen (secondary N) is 2. The van der Waals surface area contributed by atoms with Crippen LogP contribution in [0.15, 0.2) is 42.5 Å². The maximum Gasteiger partial charge on any atom is 0.387 e. The highest BCUT2D eigenvalue weighted by atomic mass is 19.3. The van der Waals surface area contributed by atoms with E-state index in [2.05, 4.69) is 15.4 Å². The second-order valence-corrected chi connectivity index (χ2v) is 5.38. The van der Waals surface area contributed by atoms with Crippen molar-refractivity contribution < 1.29 is 28.0 Å². The number of carbonyl (C=O) groups excluding carboxylic acids is 1. The zero-order valence-corrected chi connectivity index (χ0v) is 14.4. The smallest absolute Gasteiger partial charge is 0.387 e. The highest BCUT2D eigenvalue weighted by Crippen LogP contribution is 2.30. The van der Waals surface area contributed by atoms with E-state index < -0.39 is 23.6 Å². The first-order valence-corrected chi connectivity index (χ1v) is 7.75. The van der Waals surface area contributed by atoms with Gasteiger partial charge in [0, 0.05) is 17.7 Å². The van der Waals surface area contributed by atoms with Crippen LogP contribution in [-0.2, 0) is 0 Å². The number of halogens is 2. The summed E-state index contributed by atoms with van der Waals surface area (Å²) in [6, 6.07) is 8.41. The van der Waals surface area contributed by atoms with Crippen LogP contribution in [0.25, 0.3) is 0 Å². The maximum absolute atomic E-state index is 12.5. The second kappa shape index (κ2) is 8.79. The van der Waals surface area contributed by atoms with Crippen molar-refractivity contribution in [2.24, 2.45) is 0 Å². The molecule has 0 fully saturated rings. The van der Waals surface area contributed by atoms with Gasteiger partial charge in [0.05, 0.1) is 23.8 Å². The number of amides is 2. The molecule has 0 bridgehead atoms. The number of alkyl halides is 2. The van der Waals surface area contributed by atoms with Gasteiger partial charge < -0.3 is 20.1 Å². The van der Waals surface area contributed by atoms with Gasteiger partial charge in [-0.25, -0.2) is 4.79 Å². The zero-order chi connectivity index (χ0) is 20.0. The lowest BCUT2D eigenvalue weighted by molar-refractivity contribution is -0.384. The van der Waals surface area contributed by atoms with Gasteiger partial charge in [-0.15, -0.1) is 0 Å². The average Bonchev–Trinajstić information content (AvgIpc) is 2.61. The minimum absolute atomic E-state index is 0.0618. The Balaban J connectivity index is 2.14. The molecule has 0 saturated heterocycles. The summed E-state index contributed by atoms with van der Waals surface area (Å²) in [6.45, 7) is -1.42. The van der Waals surface area contributed by atoms with Gasteiger partial charge in [-0.3, -0.25) is 10.1 Å². The summed E-state index contributed by atoms with van der Waals surface area (Å²) in [4.78, 5) is 22.5. The number of anilines is 1. The number of rotatable bonds is 7. The van der Waals surface area contributed by atoms with Crippen molar-refractivity contribution in [2.75, 3.05) is 12.4 Å². The number of non-ortho nitro benzene ring substituents is 1. The van der Waals surface area contributed by atoms with E-state index in [4.69, 9.17) is 4.74 Å². The van der Waals surface area contributed by atoms with E-state index in [0.29, 0.717) is 5.56 Å². The first-order chi connectivity index (χ1) is 12.8. The Morgan fingerprint density at radius 2 is 1.89 bits per heavy atom. The molecule has 8 nitrogen and oxygen atoms in total. The van der Waals surface area contributed by atoms with Crippen molar-refractivity contribution in [1.82, 2.24) is 5.32 Å². The molecule has 2 amide bonds. The molecule has 0 saturated carbocycles. The van der Waals surface area contributed by atoms with E-state index in [9.17, 15) is 23.7 Å². The summed E-state index contributed by atoms with van der Waals surface area (Å²) in [5.74, 6) is 0.165. The van der Waals surface area contributed by atoms with Crippen molar-refractivity contribution >= 4 is 17.4 Å². The number of methoxy groups -OCH3 is 1. The van der Waals surface area contributed by atoms with Gasteiger partial charge in [-0.05, 0) is 19.1 Å². The van der Waals surface area contributed by atoms with Gasteiger partial charge in [0.25, 0.3) is 5.69 Å². The highest BCUT2D eigenvalue weighted by molar-refractivity contribution is 5.91. The lowest BCUT2D eigenvalue weighted by atomic mass is 10.1. The number of para-hydroxylation sites is 1. The monoisotopic (exact) mass is 381 g/mol. The number of hydrogen-bond donors (Lipinski definition) is 2. The molecule has 2 aromatic rings. The Morgan fingerprint density at radius 3 is 2.52 bits per heavy atom. The largest absolute Gasteiger partial charge is 0.495 e. The lowest BCUT2D eigenvalue weighted by Gasteiger charge is -2.19. The van der Waals surface area contributed by atoms with Crippen LogP contribution in [0.1, 0.15) is 18.5 Å². The molecular weight excluding hydrogens is 364 g/mol. The number of nitrogens with zero attached hydrogens (tertiary/aromatic N) is 1. The Hall–Kier alpha value is -3.43. The normalized spacial score (nSPS) is 11.6. The molecule has 0 unspecified atom stereocenters. The molecule has 10 heteroatoms. The third-order valence-corrected chi connectivity index (χ3v) is 3.59. The standard InChI is InChI=1S/C17H17F2N3O5/c1-10(12-5-3-4-6-14(12)27-16(18)19)20-17(23)21-13-9-11(22(24)25)7-8-15(13)26-2/h3-10,16H,1-2H3,(H2,20,21,23)/t10-/m1/s1.